The summed E-state index contributed by atoms with van der Waals surface area (Å²) in [5.74, 6) is -3.40. The Morgan fingerprint density at radius 3 is 2.22 bits per heavy atom. The Labute approximate surface area is 316 Å². The minimum Gasteiger partial charge on any atom is -0.480 e. The minimum atomic E-state index is -1.53. The number of carbonyl (C=O) groups is 6. The van der Waals surface area contributed by atoms with E-state index in [9.17, 15) is 33.9 Å². The summed E-state index contributed by atoms with van der Waals surface area (Å²) in [6.45, 7) is 8.65. The molecule has 54 heavy (non-hydrogen) atoms. The van der Waals surface area contributed by atoms with E-state index in [-0.39, 0.29) is 32.4 Å². The molecule has 1 fully saturated rings. The number of ether oxygens (including phenoxy) is 2. The van der Waals surface area contributed by atoms with Gasteiger partial charge in [0.15, 0.2) is 0 Å². The first-order valence-corrected chi connectivity index (χ1v) is 18.5. The lowest BCUT2D eigenvalue weighted by molar-refractivity contribution is -0.149. The maximum absolute atomic E-state index is 14.1. The summed E-state index contributed by atoms with van der Waals surface area (Å²) in [5, 5.41) is 20.0. The van der Waals surface area contributed by atoms with Crippen molar-refractivity contribution in [3.63, 3.8) is 0 Å². The Balaban J connectivity index is 1.49. The van der Waals surface area contributed by atoms with Gasteiger partial charge in [-0.2, -0.15) is 0 Å². The summed E-state index contributed by atoms with van der Waals surface area (Å²) in [6, 6.07) is 18.8. The van der Waals surface area contributed by atoms with Gasteiger partial charge < -0.3 is 35.4 Å². The van der Waals surface area contributed by atoms with Crippen molar-refractivity contribution in [2.24, 2.45) is 0 Å². The van der Waals surface area contributed by atoms with Crippen LogP contribution in [0.5, 0.6) is 0 Å². The summed E-state index contributed by atoms with van der Waals surface area (Å²) in [7, 11) is 0. The molecule has 1 heterocycles. The molecule has 0 aliphatic carbocycles. The highest BCUT2D eigenvalue weighted by atomic mass is 16.6. The smallest absolute Gasteiger partial charge is 0.408 e. The maximum atomic E-state index is 14.1. The second-order valence-electron chi connectivity index (χ2n) is 14.8. The predicted octanol–water partition coefficient (Wildman–Crippen LogP) is 5.15. The van der Waals surface area contributed by atoms with Gasteiger partial charge in [-0.25, -0.2) is 14.4 Å². The van der Waals surface area contributed by atoms with Crippen molar-refractivity contribution in [1.82, 2.24) is 20.9 Å². The van der Waals surface area contributed by atoms with E-state index in [0.717, 1.165) is 16.3 Å². The topological polar surface area (TPSA) is 180 Å². The van der Waals surface area contributed by atoms with E-state index in [0.29, 0.717) is 31.2 Å². The van der Waals surface area contributed by atoms with Gasteiger partial charge in [0.2, 0.25) is 17.7 Å². The Morgan fingerprint density at radius 1 is 0.870 bits per heavy atom. The molecule has 0 saturated carbocycles. The summed E-state index contributed by atoms with van der Waals surface area (Å²) >= 11 is 0. The molecule has 4 atom stereocenters. The lowest BCUT2D eigenvalue weighted by atomic mass is 9.94. The minimum absolute atomic E-state index is 0.0870. The van der Waals surface area contributed by atoms with Gasteiger partial charge in [-0.3, -0.25) is 14.4 Å². The monoisotopic (exact) mass is 744 g/mol. The number of likely N-dealkylation sites (tertiary alicyclic amines) is 1. The van der Waals surface area contributed by atoms with E-state index >= 15 is 0 Å². The third-order valence-corrected chi connectivity index (χ3v) is 9.42. The largest absolute Gasteiger partial charge is 0.480 e. The van der Waals surface area contributed by atoms with Crippen LogP contribution < -0.4 is 16.0 Å². The standard InChI is InChI=1S/C41H52N4O9/c1-6-41(5,44-34(46)31(43-39(52)54-40(2,3)4)19-12-13-24-53-37(50)29-16-8-7-9-17-29)38(51)42-32(35(47)45-23-14-20-33(45)36(48)49)26-27-21-22-28-15-10-11-18-30(28)25-27/h7-11,15-18,21-22,25,31-33H,6,12-14,19-20,23-24,26H2,1-5H3,(H,42,51)(H,43,52)(H,44,46)(H,48,49)/t31-,32-,33+,41-/m0/s1. The van der Waals surface area contributed by atoms with Crippen molar-refractivity contribution in [2.45, 2.75) is 109 Å². The molecule has 3 aromatic rings. The van der Waals surface area contributed by atoms with E-state index in [1.165, 1.54) is 11.8 Å². The zero-order chi connectivity index (χ0) is 39.5. The summed E-state index contributed by atoms with van der Waals surface area (Å²) in [6.07, 6.45) is 1.14. The van der Waals surface area contributed by atoms with Crippen LogP contribution >= 0.6 is 0 Å². The van der Waals surface area contributed by atoms with Crippen molar-refractivity contribution < 1.29 is 43.3 Å². The van der Waals surface area contributed by atoms with E-state index in [1.54, 1.807) is 58.0 Å². The van der Waals surface area contributed by atoms with Crippen LogP contribution in [0.25, 0.3) is 10.8 Å². The number of carboxylic acids is 1. The molecule has 3 aromatic carbocycles. The molecule has 4 N–H and O–H groups in total. The lowest BCUT2D eigenvalue weighted by Gasteiger charge is -2.34. The zero-order valence-electron chi connectivity index (χ0n) is 31.7. The molecular weight excluding hydrogens is 692 g/mol. The molecule has 0 aromatic heterocycles. The average molecular weight is 745 g/mol. The van der Waals surface area contributed by atoms with E-state index in [4.69, 9.17) is 9.47 Å². The number of alkyl carbamates (subject to hydrolysis) is 1. The van der Waals surface area contributed by atoms with Gasteiger partial charge in [0, 0.05) is 13.0 Å². The third-order valence-electron chi connectivity index (χ3n) is 9.42. The van der Waals surface area contributed by atoms with Crippen LogP contribution in [0.2, 0.25) is 0 Å². The number of esters is 1. The van der Waals surface area contributed by atoms with Gasteiger partial charge in [-0.1, -0.05) is 67.6 Å². The Hall–Kier alpha value is -5.46. The van der Waals surface area contributed by atoms with E-state index in [1.807, 2.05) is 42.5 Å². The number of fused-ring (bicyclic) bond motifs is 1. The van der Waals surface area contributed by atoms with Crippen LogP contribution in [0.1, 0.15) is 89.1 Å². The van der Waals surface area contributed by atoms with Crippen molar-refractivity contribution in [2.75, 3.05) is 13.2 Å². The fourth-order valence-corrected chi connectivity index (χ4v) is 6.26. The highest BCUT2D eigenvalue weighted by Gasteiger charge is 2.41. The van der Waals surface area contributed by atoms with E-state index < -0.39 is 65.0 Å². The third kappa shape index (κ3) is 11.5. The van der Waals surface area contributed by atoms with Gasteiger partial charge >= 0.3 is 18.0 Å². The molecule has 0 unspecified atom stereocenters. The van der Waals surface area contributed by atoms with Crippen LogP contribution in [-0.2, 0) is 35.1 Å². The first kappa shape index (κ1) is 41.3. The molecule has 1 saturated heterocycles. The molecule has 0 radical (unpaired) electrons. The zero-order valence-corrected chi connectivity index (χ0v) is 31.7. The number of hydrogen-bond acceptors (Lipinski definition) is 8. The van der Waals surface area contributed by atoms with E-state index in [2.05, 4.69) is 16.0 Å². The molecular formula is C41H52N4O9. The normalized spacial score (nSPS) is 16.4. The van der Waals surface area contributed by atoms with Crippen molar-refractivity contribution in [1.29, 1.82) is 0 Å². The molecule has 1 aliphatic heterocycles. The predicted molar refractivity (Wildman–Crippen MR) is 203 cm³/mol. The number of unbranched alkanes of at least 4 members (excludes halogenated alkanes) is 1. The quantitative estimate of drug-likeness (QED) is 0.114. The van der Waals surface area contributed by atoms with Crippen LogP contribution in [-0.4, -0.2) is 88.2 Å². The first-order chi connectivity index (χ1) is 25.6. The van der Waals surface area contributed by atoms with Gasteiger partial charge in [0.25, 0.3) is 0 Å². The fraction of sp³-hybridized carbons (Fsp3) is 0.463. The highest BCUT2D eigenvalue weighted by molar-refractivity contribution is 5.97. The summed E-state index contributed by atoms with van der Waals surface area (Å²) in [5.41, 5.74) is -1.19. The van der Waals surface area contributed by atoms with Gasteiger partial charge in [0.05, 0.1) is 12.2 Å². The Kier molecular flexibility index (Phi) is 14.2. The van der Waals surface area contributed by atoms with Crippen LogP contribution in [0.15, 0.2) is 72.8 Å². The molecule has 4 amide bonds. The second-order valence-corrected chi connectivity index (χ2v) is 14.8. The number of benzene rings is 3. The van der Waals surface area contributed by atoms with Crippen molar-refractivity contribution in [3.05, 3.63) is 83.9 Å². The highest BCUT2D eigenvalue weighted by Crippen LogP contribution is 2.22. The van der Waals surface area contributed by atoms with Crippen LogP contribution in [0.3, 0.4) is 0 Å². The van der Waals surface area contributed by atoms with Gasteiger partial charge in [0.1, 0.15) is 29.3 Å². The SMILES string of the molecule is CC[C@](C)(NC(=O)[C@H](CCCCOC(=O)c1ccccc1)NC(=O)OC(C)(C)C)C(=O)N[C@@H](Cc1ccc2ccccc2c1)C(=O)N1CCC[C@@H]1C(=O)O. The molecule has 0 spiro atoms. The second kappa shape index (κ2) is 18.5. The number of rotatable bonds is 16. The molecule has 13 nitrogen and oxygen atoms in total. The molecule has 290 valence electrons. The fourth-order valence-electron chi connectivity index (χ4n) is 6.26. The first-order valence-electron chi connectivity index (χ1n) is 18.5. The van der Waals surface area contributed by atoms with Crippen LogP contribution in [0.4, 0.5) is 4.79 Å². The summed E-state index contributed by atoms with van der Waals surface area (Å²) < 4.78 is 10.8. The molecule has 0 bridgehead atoms. The number of carbonyl (C=O) groups excluding carboxylic acids is 5. The maximum Gasteiger partial charge on any atom is 0.408 e. The summed E-state index contributed by atoms with van der Waals surface area (Å²) in [4.78, 5) is 80.4. The number of nitrogens with one attached hydrogen (secondary N) is 3. The average Bonchev–Trinajstić information content (AvgIpc) is 3.64. The Bertz CT molecular complexity index is 1810. The number of nitrogens with zero attached hydrogens (tertiary/aromatic N) is 1. The van der Waals surface area contributed by atoms with Crippen molar-refractivity contribution >= 4 is 46.5 Å². The Morgan fingerprint density at radius 2 is 1.56 bits per heavy atom. The van der Waals surface area contributed by atoms with Gasteiger partial charge in [-0.05, 0) is 94.7 Å². The molecule has 13 heteroatoms. The van der Waals surface area contributed by atoms with Crippen LogP contribution in [0, 0.1) is 0 Å². The number of amides is 4. The number of carboxylic acid groups (broad SMARTS) is 1. The lowest BCUT2D eigenvalue weighted by Crippen LogP contribution is -2.63. The van der Waals surface area contributed by atoms with Crippen molar-refractivity contribution in [3.8, 4) is 0 Å². The number of hydrogen-bond donors (Lipinski definition) is 4. The molecule has 1 aliphatic rings. The van der Waals surface area contributed by atoms with Gasteiger partial charge in [-0.15, -0.1) is 0 Å². The number of aliphatic carboxylic acids is 1. The molecule has 4 rings (SSSR count).